The lowest BCUT2D eigenvalue weighted by atomic mass is 9.91. The van der Waals surface area contributed by atoms with E-state index < -0.39 is 11.3 Å². The first-order valence-electron chi connectivity index (χ1n) is 14.4. The Morgan fingerprint density at radius 1 is 1.07 bits per heavy atom. The van der Waals surface area contributed by atoms with Crippen molar-refractivity contribution in [3.05, 3.63) is 65.9 Å². The molecule has 0 bridgehead atoms. The zero-order chi connectivity index (χ0) is 29.1. The summed E-state index contributed by atoms with van der Waals surface area (Å²) < 4.78 is 5.41. The molecule has 1 aliphatic heterocycles. The Bertz CT molecular complexity index is 1400. The number of hydrogen-bond acceptors (Lipinski definition) is 7. The summed E-state index contributed by atoms with van der Waals surface area (Å²) in [5.41, 5.74) is 8.03. The van der Waals surface area contributed by atoms with Crippen molar-refractivity contribution in [2.75, 3.05) is 35.8 Å². The summed E-state index contributed by atoms with van der Waals surface area (Å²) in [6, 6.07) is 16.0. The van der Waals surface area contributed by atoms with E-state index in [1.54, 1.807) is 36.3 Å². The van der Waals surface area contributed by atoms with Crippen LogP contribution >= 0.6 is 0 Å². The van der Waals surface area contributed by atoms with Crippen molar-refractivity contribution in [1.82, 2.24) is 9.97 Å². The number of nitrogens with one attached hydrogen (secondary N) is 1. The minimum Gasteiger partial charge on any atom is -0.495 e. The van der Waals surface area contributed by atoms with Gasteiger partial charge in [0.05, 0.1) is 24.4 Å². The van der Waals surface area contributed by atoms with Crippen LogP contribution in [0.4, 0.5) is 23.1 Å². The minimum absolute atomic E-state index is 0.0484. The van der Waals surface area contributed by atoms with Gasteiger partial charge in [0.1, 0.15) is 11.4 Å². The smallest absolute Gasteiger partial charge is 0.248 e. The predicted molar refractivity (Wildman–Crippen MR) is 162 cm³/mol. The van der Waals surface area contributed by atoms with Gasteiger partial charge in [-0.3, -0.25) is 9.59 Å². The molecule has 3 aliphatic rings. The van der Waals surface area contributed by atoms with Gasteiger partial charge in [-0.05, 0) is 69.2 Å². The topological polar surface area (TPSA) is 114 Å². The summed E-state index contributed by atoms with van der Waals surface area (Å²) in [5.74, 6) is 2.03. The maximum Gasteiger partial charge on any atom is 0.248 e. The van der Waals surface area contributed by atoms with E-state index in [9.17, 15) is 9.59 Å². The van der Waals surface area contributed by atoms with Crippen molar-refractivity contribution in [2.24, 2.45) is 11.1 Å². The number of amides is 2. The molecule has 0 radical (unpaired) electrons. The molecule has 9 heteroatoms. The number of ether oxygens (including phenoxy) is 1. The summed E-state index contributed by atoms with van der Waals surface area (Å²) >= 11 is 0. The summed E-state index contributed by atoms with van der Waals surface area (Å²) in [4.78, 5) is 37.8. The monoisotopic (exact) mass is 556 g/mol. The molecule has 41 heavy (non-hydrogen) atoms. The van der Waals surface area contributed by atoms with Crippen LogP contribution in [0, 0.1) is 5.41 Å². The molecule has 0 spiro atoms. The van der Waals surface area contributed by atoms with E-state index in [2.05, 4.69) is 45.5 Å². The van der Waals surface area contributed by atoms with Gasteiger partial charge in [-0.2, -0.15) is 4.98 Å². The number of carbonyl (C=O) groups excluding carboxylic acids is 2. The first-order valence-corrected chi connectivity index (χ1v) is 14.4. The Balaban J connectivity index is 0.000000315. The van der Waals surface area contributed by atoms with Gasteiger partial charge in [0.25, 0.3) is 0 Å². The van der Waals surface area contributed by atoms with Gasteiger partial charge in [0, 0.05) is 25.2 Å². The fourth-order valence-electron chi connectivity index (χ4n) is 5.73. The van der Waals surface area contributed by atoms with Gasteiger partial charge in [-0.15, -0.1) is 0 Å². The van der Waals surface area contributed by atoms with Crippen LogP contribution in [0.15, 0.2) is 54.7 Å². The second-order valence-electron chi connectivity index (χ2n) is 11.8. The van der Waals surface area contributed by atoms with Crippen LogP contribution < -0.4 is 25.6 Å². The molecule has 0 atom stereocenters. The van der Waals surface area contributed by atoms with Crippen LogP contribution in [0.2, 0.25) is 0 Å². The average Bonchev–Trinajstić information content (AvgIpc) is 3.70. The summed E-state index contributed by atoms with van der Waals surface area (Å²) in [6.07, 6.45) is 9.04. The quantitative estimate of drug-likeness (QED) is 0.404. The van der Waals surface area contributed by atoms with Crippen molar-refractivity contribution >= 4 is 35.0 Å². The normalized spacial score (nSPS) is 18.2. The van der Waals surface area contributed by atoms with E-state index in [0.717, 1.165) is 24.6 Å². The van der Waals surface area contributed by atoms with Crippen LogP contribution in [-0.4, -0.2) is 48.5 Å². The molecular formula is C32H40N6O3. The Kier molecular flexibility index (Phi) is 8.15. The van der Waals surface area contributed by atoms with Crippen molar-refractivity contribution in [1.29, 1.82) is 0 Å². The van der Waals surface area contributed by atoms with Gasteiger partial charge in [0.15, 0.2) is 5.82 Å². The van der Waals surface area contributed by atoms with E-state index in [-0.39, 0.29) is 5.91 Å². The molecule has 2 aromatic carbocycles. The fraction of sp³-hybridized carbons (Fsp3) is 0.438. The van der Waals surface area contributed by atoms with Crippen LogP contribution in [0.5, 0.6) is 5.75 Å². The molecule has 0 saturated heterocycles. The Morgan fingerprint density at radius 3 is 2.41 bits per heavy atom. The summed E-state index contributed by atoms with van der Waals surface area (Å²) in [6.45, 7) is 4.57. The molecule has 9 nitrogen and oxygen atoms in total. The number of nitrogens with two attached hydrogens (primary N) is 1. The number of rotatable bonds is 6. The number of benzene rings is 2. The number of nitrogens with zero attached hydrogens (tertiary/aromatic N) is 4. The van der Waals surface area contributed by atoms with Gasteiger partial charge in [0.2, 0.25) is 17.8 Å². The zero-order valence-electron chi connectivity index (χ0n) is 24.4. The fourth-order valence-corrected chi connectivity index (χ4v) is 5.73. The highest BCUT2D eigenvalue weighted by Crippen LogP contribution is 2.41. The van der Waals surface area contributed by atoms with Crippen LogP contribution in [0.25, 0.3) is 0 Å². The Hall–Kier alpha value is -4.14. The highest BCUT2D eigenvalue weighted by atomic mass is 16.5. The number of aromatic nitrogens is 2. The van der Waals surface area contributed by atoms with E-state index >= 15 is 0 Å². The maximum absolute atomic E-state index is 13.1. The molecule has 0 unspecified atom stereocenters. The van der Waals surface area contributed by atoms with Gasteiger partial charge >= 0.3 is 0 Å². The van der Waals surface area contributed by atoms with Crippen molar-refractivity contribution in [3.63, 3.8) is 0 Å². The lowest BCUT2D eigenvalue weighted by Gasteiger charge is -2.34. The van der Waals surface area contributed by atoms with Crippen molar-refractivity contribution in [3.8, 4) is 5.75 Å². The molecule has 3 N–H and O–H groups in total. The number of hydrogen-bond donors (Lipinski definition) is 2. The lowest BCUT2D eigenvalue weighted by Crippen LogP contribution is -2.45. The SMILES string of the molecule is COc1cc(C(N)=O)ccc1Nc1ncc2c(n1)N(C1CCCC1)CC(C)(C)C(=O)N2C.c1ccc(C2CC2)cc1. The highest BCUT2D eigenvalue weighted by Gasteiger charge is 2.41. The minimum atomic E-state index is -0.542. The first kappa shape index (κ1) is 28.4. The maximum atomic E-state index is 13.1. The highest BCUT2D eigenvalue weighted by molar-refractivity contribution is 6.01. The molecule has 216 valence electrons. The Labute approximate surface area is 242 Å². The number of primary amides is 1. The Morgan fingerprint density at radius 2 is 1.78 bits per heavy atom. The van der Waals surface area contributed by atoms with E-state index in [4.69, 9.17) is 15.5 Å². The molecule has 2 heterocycles. The molecule has 3 aromatic rings. The molecule has 2 aliphatic carbocycles. The third kappa shape index (κ3) is 6.29. The number of anilines is 4. The second-order valence-corrected chi connectivity index (χ2v) is 11.8. The van der Waals surface area contributed by atoms with Gasteiger partial charge < -0.3 is 25.6 Å². The molecule has 2 amide bonds. The number of methoxy groups -OCH3 is 1. The van der Waals surface area contributed by atoms with E-state index in [1.807, 2.05) is 13.8 Å². The predicted octanol–water partition coefficient (Wildman–Crippen LogP) is 5.64. The molecule has 2 saturated carbocycles. The van der Waals surface area contributed by atoms with E-state index in [0.29, 0.717) is 41.2 Å². The van der Waals surface area contributed by atoms with Gasteiger partial charge in [-0.25, -0.2) is 4.98 Å². The average molecular weight is 557 g/mol. The zero-order valence-corrected chi connectivity index (χ0v) is 24.4. The summed E-state index contributed by atoms with van der Waals surface area (Å²) in [5, 5.41) is 3.19. The third-order valence-corrected chi connectivity index (χ3v) is 8.18. The van der Waals surface area contributed by atoms with Crippen LogP contribution in [0.1, 0.15) is 74.2 Å². The van der Waals surface area contributed by atoms with Crippen molar-refractivity contribution < 1.29 is 14.3 Å². The molecule has 6 rings (SSSR count). The molecule has 2 fully saturated rings. The third-order valence-electron chi connectivity index (χ3n) is 8.18. The van der Waals surface area contributed by atoms with Crippen LogP contribution in [0.3, 0.4) is 0 Å². The van der Waals surface area contributed by atoms with Crippen molar-refractivity contribution in [2.45, 2.75) is 64.3 Å². The second kappa shape index (κ2) is 11.8. The van der Waals surface area contributed by atoms with Crippen LogP contribution in [-0.2, 0) is 4.79 Å². The number of fused-ring (bicyclic) bond motifs is 1. The number of carbonyl (C=O) groups is 2. The lowest BCUT2D eigenvalue weighted by molar-refractivity contribution is -0.125. The standard InChI is InChI=1S/C23H30N6O3.C9H10/c1-23(2)13-29(15-7-5-6-8-15)20-17(28(3)21(23)31)12-25-22(27-20)26-16-10-9-14(19(24)30)11-18(16)32-4;1-2-4-8(5-3-1)9-6-7-9/h9-12,15H,5-8,13H2,1-4H3,(H2,24,30)(H,25,26,27);1-5,9H,6-7H2. The summed E-state index contributed by atoms with van der Waals surface area (Å²) in [7, 11) is 3.30. The van der Waals surface area contributed by atoms with Gasteiger partial charge in [-0.1, -0.05) is 43.2 Å². The largest absolute Gasteiger partial charge is 0.495 e. The molecule has 1 aromatic heterocycles. The van der Waals surface area contributed by atoms with E-state index in [1.165, 1.54) is 38.4 Å². The first-order chi connectivity index (χ1) is 19.7. The molecular weight excluding hydrogens is 516 g/mol.